The molecule has 4 rings (SSSR count). The van der Waals surface area contributed by atoms with E-state index in [0.29, 0.717) is 19.4 Å². The van der Waals surface area contributed by atoms with Crippen LogP contribution in [-0.4, -0.2) is 18.4 Å². The second-order valence-corrected chi connectivity index (χ2v) is 7.67. The van der Waals surface area contributed by atoms with Gasteiger partial charge in [0.05, 0.1) is 17.7 Å². The van der Waals surface area contributed by atoms with Gasteiger partial charge in [-0.15, -0.1) is 0 Å². The van der Waals surface area contributed by atoms with Gasteiger partial charge in [0.25, 0.3) is 5.91 Å². The van der Waals surface area contributed by atoms with Gasteiger partial charge in [0.2, 0.25) is 5.91 Å². The van der Waals surface area contributed by atoms with Crippen LogP contribution in [0.1, 0.15) is 23.1 Å². The van der Waals surface area contributed by atoms with Gasteiger partial charge >= 0.3 is 0 Å². The lowest BCUT2D eigenvalue weighted by Crippen LogP contribution is -2.36. The predicted molar refractivity (Wildman–Crippen MR) is 115 cm³/mol. The van der Waals surface area contributed by atoms with E-state index in [9.17, 15) is 9.59 Å². The van der Waals surface area contributed by atoms with E-state index in [-0.39, 0.29) is 17.7 Å². The lowest BCUT2D eigenvalue weighted by atomic mass is 9.98. The fraction of sp³-hybridized carbons (Fsp3) is 0.240. The number of rotatable bonds is 5. The molecule has 29 heavy (non-hydrogen) atoms. The molecule has 146 valence electrons. The number of nitrogens with one attached hydrogen (secondary N) is 1. The SMILES string of the molecule is Cc1cc2c(cc1C)=NC(=O)C(CCNC(=O)Cc1cccc3ccccc13)C=2. The Morgan fingerprint density at radius 2 is 1.79 bits per heavy atom. The number of nitrogens with zero attached hydrogens (tertiary/aromatic N) is 1. The summed E-state index contributed by atoms with van der Waals surface area (Å²) in [6.45, 7) is 4.53. The number of hydrogen-bond acceptors (Lipinski definition) is 2. The van der Waals surface area contributed by atoms with Crippen molar-refractivity contribution >= 4 is 28.7 Å². The summed E-state index contributed by atoms with van der Waals surface area (Å²) in [5.74, 6) is -0.458. The Labute approximate surface area is 170 Å². The zero-order chi connectivity index (χ0) is 20.4. The molecule has 3 aromatic rings. The largest absolute Gasteiger partial charge is 0.356 e. The number of carbonyl (C=O) groups is 2. The summed E-state index contributed by atoms with van der Waals surface area (Å²) in [5.41, 5.74) is 3.33. The van der Waals surface area contributed by atoms with Gasteiger partial charge in [-0.3, -0.25) is 9.59 Å². The summed E-state index contributed by atoms with van der Waals surface area (Å²) >= 11 is 0. The van der Waals surface area contributed by atoms with E-state index in [1.807, 2.05) is 61.5 Å². The van der Waals surface area contributed by atoms with Crippen molar-refractivity contribution < 1.29 is 9.59 Å². The first-order chi connectivity index (χ1) is 14.0. The lowest BCUT2D eigenvalue weighted by Gasteiger charge is -2.14. The number of amides is 2. The van der Waals surface area contributed by atoms with Crippen molar-refractivity contribution in [1.29, 1.82) is 0 Å². The molecule has 0 bridgehead atoms. The molecule has 0 aliphatic carbocycles. The van der Waals surface area contributed by atoms with Crippen LogP contribution in [0.4, 0.5) is 0 Å². The molecule has 4 nitrogen and oxygen atoms in total. The molecule has 4 heteroatoms. The van der Waals surface area contributed by atoms with Crippen LogP contribution in [0.2, 0.25) is 0 Å². The maximum absolute atomic E-state index is 12.4. The molecule has 1 unspecified atom stereocenters. The number of benzene rings is 3. The van der Waals surface area contributed by atoms with E-state index in [2.05, 4.69) is 23.3 Å². The van der Waals surface area contributed by atoms with Crippen molar-refractivity contribution in [3.8, 4) is 0 Å². The fourth-order valence-corrected chi connectivity index (χ4v) is 3.80. The van der Waals surface area contributed by atoms with Gasteiger partial charge in [0, 0.05) is 6.54 Å². The normalized spacial score (nSPS) is 15.4. The van der Waals surface area contributed by atoms with Gasteiger partial charge < -0.3 is 5.32 Å². The Morgan fingerprint density at radius 1 is 1.03 bits per heavy atom. The van der Waals surface area contributed by atoms with Gasteiger partial charge in [-0.05, 0) is 65.1 Å². The number of carbonyl (C=O) groups excluding carboxylic acids is 2. The third-order valence-corrected chi connectivity index (χ3v) is 5.58. The molecule has 0 aromatic heterocycles. The highest BCUT2D eigenvalue weighted by Gasteiger charge is 2.18. The molecular weight excluding hydrogens is 360 g/mol. The van der Waals surface area contributed by atoms with Gasteiger partial charge in [-0.1, -0.05) is 48.5 Å². The topological polar surface area (TPSA) is 58.5 Å². The van der Waals surface area contributed by atoms with E-state index in [4.69, 9.17) is 0 Å². The second kappa shape index (κ2) is 8.00. The number of hydrogen-bond donors (Lipinski definition) is 1. The molecule has 1 heterocycles. The van der Waals surface area contributed by atoms with E-state index < -0.39 is 0 Å². The third-order valence-electron chi connectivity index (χ3n) is 5.58. The number of fused-ring (bicyclic) bond motifs is 2. The van der Waals surface area contributed by atoms with Crippen LogP contribution in [-0.2, 0) is 16.0 Å². The first kappa shape index (κ1) is 19.1. The van der Waals surface area contributed by atoms with Gasteiger partial charge in [0.1, 0.15) is 0 Å². The monoisotopic (exact) mass is 384 g/mol. The quantitative estimate of drug-likeness (QED) is 0.735. The zero-order valence-electron chi connectivity index (χ0n) is 16.7. The fourth-order valence-electron chi connectivity index (χ4n) is 3.80. The molecule has 0 saturated heterocycles. The molecule has 1 N–H and O–H groups in total. The van der Waals surface area contributed by atoms with Crippen molar-refractivity contribution in [1.82, 2.24) is 5.32 Å². The van der Waals surface area contributed by atoms with Gasteiger partial charge in [-0.25, -0.2) is 4.99 Å². The zero-order valence-corrected chi connectivity index (χ0v) is 16.7. The van der Waals surface area contributed by atoms with Crippen LogP contribution in [0.15, 0.2) is 59.6 Å². The van der Waals surface area contributed by atoms with Gasteiger partial charge in [-0.2, -0.15) is 0 Å². The predicted octanol–water partition coefficient (Wildman–Crippen LogP) is 2.76. The van der Waals surface area contributed by atoms with Crippen LogP contribution in [0, 0.1) is 19.8 Å². The van der Waals surface area contributed by atoms with Crippen LogP contribution >= 0.6 is 0 Å². The summed E-state index contributed by atoms with van der Waals surface area (Å²) < 4.78 is 0. The first-order valence-electron chi connectivity index (χ1n) is 9.96. The molecule has 1 atom stereocenters. The van der Waals surface area contributed by atoms with Crippen molar-refractivity contribution in [3.63, 3.8) is 0 Å². The maximum atomic E-state index is 12.4. The Morgan fingerprint density at radius 3 is 2.66 bits per heavy atom. The van der Waals surface area contributed by atoms with E-state index in [1.165, 1.54) is 5.56 Å². The highest BCUT2D eigenvalue weighted by atomic mass is 16.2. The van der Waals surface area contributed by atoms with Crippen LogP contribution in [0.25, 0.3) is 16.8 Å². The average Bonchev–Trinajstić information content (AvgIpc) is 2.70. The Kier molecular flexibility index (Phi) is 5.26. The molecule has 0 spiro atoms. The smallest absolute Gasteiger partial charge is 0.253 e. The van der Waals surface area contributed by atoms with Crippen LogP contribution < -0.4 is 15.9 Å². The van der Waals surface area contributed by atoms with Crippen molar-refractivity contribution in [2.24, 2.45) is 10.9 Å². The minimum absolute atomic E-state index is 0.0339. The molecular formula is C25H24N2O2. The molecule has 0 fully saturated rings. The minimum Gasteiger partial charge on any atom is -0.356 e. The summed E-state index contributed by atoms with van der Waals surface area (Å²) in [6.07, 6.45) is 2.86. The van der Waals surface area contributed by atoms with E-state index in [1.54, 1.807) is 0 Å². The molecule has 1 aliphatic heterocycles. The molecule has 0 radical (unpaired) electrons. The van der Waals surface area contributed by atoms with Crippen molar-refractivity contribution in [2.75, 3.05) is 6.54 Å². The Bertz CT molecular complexity index is 1220. The Hall–Kier alpha value is -3.27. The number of aryl methyl sites for hydroxylation is 2. The lowest BCUT2D eigenvalue weighted by molar-refractivity contribution is -0.122. The van der Waals surface area contributed by atoms with Crippen LogP contribution in [0.3, 0.4) is 0 Å². The molecule has 2 amide bonds. The first-order valence-corrected chi connectivity index (χ1v) is 9.96. The van der Waals surface area contributed by atoms with E-state index >= 15 is 0 Å². The van der Waals surface area contributed by atoms with Crippen molar-refractivity contribution in [2.45, 2.75) is 26.7 Å². The van der Waals surface area contributed by atoms with Gasteiger partial charge in [0.15, 0.2) is 0 Å². The standard InChI is InChI=1S/C25H24N2O2/c1-16-12-21-14-20(25(29)27-23(21)13-17(16)2)10-11-26-24(28)15-19-8-5-7-18-6-3-4-9-22(18)19/h3-9,12-14,20H,10-11,15H2,1-2H3,(H,26,28). The van der Waals surface area contributed by atoms with Crippen molar-refractivity contribution in [3.05, 3.63) is 81.9 Å². The highest BCUT2D eigenvalue weighted by molar-refractivity contribution is 5.90. The minimum atomic E-state index is -0.289. The third kappa shape index (κ3) is 4.11. The second-order valence-electron chi connectivity index (χ2n) is 7.67. The Balaban J connectivity index is 1.39. The summed E-state index contributed by atoms with van der Waals surface area (Å²) in [6, 6.07) is 18.1. The summed E-state index contributed by atoms with van der Waals surface area (Å²) in [7, 11) is 0. The highest BCUT2D eigenvalue weighted by Crippen LogP contribution is 2.19. The maximum Gasteiger partial charge on any atom is 0.253 e. The summed E-state index contributed by atoms with van der Waals surface area (Å²) in [4.78, 5) is 29.0. The molecule has 3 aromatic carbocycles. The van der Waals surface area contributed by atoms with Crippen LogP contribution in [0.5, 0.6) is 0 Å². The van der Waals surface area contributed by atoms with E-state index in [0.717, 1.165) is 32.5 Å². The summed E-state index contributed by atoms with van der Waals surface area (Å²) in [5, 5.41) is 6.93. The average molecular weight is 384 g/mol. The molecule has 0 saturated carbocycles. The molecule has 1 aliphatic rings.